The number of amides is 2. The SMILES string of the molecule is CCNC(=O)Nc1cccc(-c2cnc3cc(-c4cccc(CN)c4)ccn23)c1. The number of carbonyl (C=O) groups is 1. The van der Waals surface area contributed by atoms with E-state index in [1.165, 1.54) is 0 Å². The van der Waals surface area contributed by atoms with E-state index < -0.39 is 0 Å². The third-order valence-electron chi connectivity index (χ3n) is 4.76. The summed E-state index contributed by atoms with van der Waals surface area (Å²) in [6, 6.07) is 19.9. The van der Waals surface area contributed by atoms with Gasteiger partial charge in [-0.25, -0.2) is 9.78 Å². The van der Waals surface area contributed by atoms with Crippen LogP contribution in [0, 0.1) is 0 Å². The van der Waals surface area contributed by atoms with Gasteiger partial charge >= 0.3 is 6.03 Å². The molecule has 4 aromatic rings. The zero-order valence-electron chi connectivity index (χ0n) is 16.2. The summed E-state index contributed by atoms with van der Waals surface area (Å²) in [7, 11) is 0. The van der Waals surface area contributed by atoms with E-state index in [1.807, 2.05) is 60.1 Å². The number of hydrogen-bond acceptors (Lipinski definition) is 3. The van der Waals surface area contributed by atoms with Crippen molar-refractivity contribution in [3.05, 3.63) is 78.6 Å². The van der Waals surface area contributed by atoms with Crippen LogP contribution < -0.4 is 16.4 Å². The lowest BCUT2D eigenvalue weighted by Crippen LogP contribution is -2.28. The summed E-state index contributed by atoms with van der Waals surface area (Å²) in [5, 5.41) is 5.58. The van der Waals surface area contributed by atoms with Crippen molar-refractivity contribution in [2.24, 2.45) is 5.73 Å². The molecule has 146 valence electrons. The van der Waals surface area contributed by atoms with Crippen LogP contribution in [0.25, 0.3) is 28.0 Å². The lowest BCUT2D eigenvalue weighted by molar-refractivity contribution is 0.252. The lowest BCUT2D eigenvalue weighted by atomic mass is 10.0. The van der Waals surface area contributed by atoms with Gasteiger partial charge in [-0.3, -0.25) is 4.40 Å². The molecule has 29 heavy (non-hydrogen) atoms. The van der Waals surface area contributed by atoms with Gasteiger partial charge in [0.15, 0.2) is 0 Å². The Hall–Kier alpha value is -3.64. The number of hydrogen-bond donors (Lipinski definition) is 3. The molecule has 0 unspecified atom stereocenters. The van der Waals surface area contributed by atoms with Crippen molar-refractivity contribution in [3.63, 3.8) is 0 Å². The summed E-state index contributed by atoms with van der Waals surface area (Å²) in [5.74, 6) is 0. The minimum atomic E-state index is -0.216. The Bertz CT molecular complexity index is 1160. The molecule has 2 amide bonds. The zero-order chi connectivity index (χ0) is 20.2. The molecule has 6 heteroatoms. The summed E-state index contributed by atoms with van der Waals surface area (Å²) < 4.78 is 2.04. The van der Waals surface area contributed by atoms with Crippen molar-refractivity contribution in [2.45, 2.75) is 13.5 Å². The molecule has 0 fully saturated rings. The van der Waals surface area contributed by atoms with E-state index in [0.29, 0.717) is 13.1 Å². The monoisotopic (exact) mass is 385 g/mol. The van der Waals surface area contributed by atoms with E-state index >= 15 is 0 Å². The molecule has 0 aliphatic carbocycles. The average Bonchev–Trinajstić information content (AvgIpc) is 3.17. The van der Waals surface area contributed by atoms with Gasteiger partial charge in [-0.2, -0.15) is 0 Å². The van der Waals surface area contributed by atoms with Gasteiger partial charge in [0.25, 0.3) is 0 Å². The van der Waals surface area contributed by atoms with Crippen LogP contribution in [-0.2, 0) is 6.54 Å². The topological polar surface area (TPSA) is 84.5 Å². The molecule has 4 N–H and O–H groups in total. The molecule has 2 heterocycles. The van der Waals surface area contributed by atoms with Crippen LogP contribution in [0.5, 0.6) is 0 Å². The maximum atomic E-state index is 11.8. The van der Waals surface area contributed by atoms with Crippen LogP contribution in [0.2, 0.25) is 0 Å². The minimum absolute atomic E-state index is 0.216. The maximum absolute atomic E-state index is 11.8. The van der Waals surface area contributed by atoms with E-state index in [4.69, 9.17) is 5.73 Å². The van der Waals surface area contributed by atoms with Gasteiger partial charge in [0.2, 0.25) is 0 Å². The summed E-state index contributed by atoms with van der Waals surface area (Å²) >= 11 is 0. The Morgan fingerprint density at radius 1 is 1.03 bits per heavy atom. The summed E-state index contributed by atoms with van der Waals surface area (Å²) in [4.78, 5) is 16.4. The van der Waals surface area contributed by atoms with E-state index in [-0.39, 0.29) is 6.03 Å². The second-order valence-electron chi connectivity index (χ2n) is 6.76. The van der Waals surface area contributed by atoms with Gasteiger partial charge in [-0.15, -0.1) is 0 Å². The Labute approximate surface area is 169 Å². The highest BCUT2D eigenvalue weighted by Gasteiger charge is 2.09. The van der Waals surface area contributed by atoms with Crippen molar-refractivity contribution in [1.29, 1.82) is 0 Å². The Kier molecular flexibility index (Phi) is 5.27. The Balaban J connectivity index is 1.67. The van der Waals surface area contributed by atoms with Gasteiger partial charge in [0, 0.05) is 30.5 Å². The highest BCUT2D eigenvalue weighted by Crippen LogP contribution is 2.27. The quantitative estimate of drug-likeness (QED) is 0.480. The summed E-state index contributed by atoms with van der Waals surface area (Å²) in [5.41, 5.74) is 12.6. The number of imidazole rings is 1. The number of nitrogens with two attached hydrogens (primary N) is 1. The number of benzene rings is 2. The highest BCUT2D eigenvalue weighted by atomic mass is 16.2. The molecule has 0 bridgehead atoms. The molecule has 6 nitrogen and oxygen atoms in total. The average molecular weight is 385 g/mol. The van der Waals surface area contributed by atoms with Crippen molar-refractivity contribution >= 4 is 17.4 Å². The molecule has 0 radical (unpaired) electrons. The number of fused-ring (bicyclic) bond motifs is 1. The molecule has 4 rings (SSSR count). The number of aromatic nitrogens is 2. The first-order chi connectivity index (χ1) is 14.2. The van der Waals surface area contributed by atoms with Crippen molar-refractivity contribution < 1.29 is 4.79 Å². The maximum Gasteiger partial charge on any atom is 0.319 e. The first kappa shape index (κ1) is 18.7. The van der Waals surface area contributed by atoms with Crippen LogP contribution in [0.3, 0.4) is 0 Å². The fourth-order valence-electron chi connectivity index (χ4n) is 3.34. The summed E-state index contributed by atoms with van der Waals surface area (Å²) in [6.45, 7) is 2.98. The number of carbonyl (C=O) groups excluding carboxylic acids is 1. The van der Waals surface area contributed by atoms with Gasteiger partial charge in [-0.1, -0.05) is 30.3 Å². The Morgan fingerprint density at radius 3 is 2.66 bits per heavy atom. The minimum Gasteiger partial charge on any atom is -0.338 e. The van der Waals surface area contributed by atoms with Crippen LogP contribution >= 0.6 is 0 Å². The second-order valence-corrected chi connectivity index (χ2v) is 6.76. The number of pyridine rings is 1. The van der Waals surface area contributed by atoms with E-state index in [0.717, 1.165) is 39.3 Å². The largest absolute Gasteiger partial charge is 0.338 e. The highest BCUT2D eigenvalue weighted by molar-refractivity contribution is 5.90. The molecule has 0 saturated carbocycles. The third-order valence-corrected chi connectivity index (χ3v) is 4.76. The van der Waals surface area contributed by atoms with E-state index in [1.54, 1.807) is 0 Å². The van der Waals surface area contributed by atoms with Crippen LogP contribution in [0.4, 0.5) is 10.5 Å². The predicted octanol–water partition coefficient (Wildman–Crippen LogP) is 4.27. The van der Waals surface area contributed by atoms with Crippen molar-refractivity contribution in [2.75, 3.05) is 11.9 Å². The van der Waals surface area contributed by atoms with Crippen LogP contribution in [0.15, 0.2) is 73.1 Å². The molecule has 0 atom stereocenters. The van der Waals surface area contributed by atoms with Crippen molar-refractivity contribution in [1.82, 2.24) is 14.7 Å². The number of rotatable bonds is 5. The summed E-state index contributed by atoms with van der Waals surface area (Å²) in [6.07, 6.45) is 3.87. The van der Waals surface area contributed by atoms with Gasteiger partial charge < -0.3 is 16.4 Å². The molecular formula is C23H23N5O. The molecule has 0 saturated heterocycles. The van der Waals surface area contributed by atoms with Crippen LogP contribution in [0.1, 0.15) is 12.5 Å². The fourth-order valence-corrected chi connectivity index (χ4v) is 3.34. The van der Waals surface area contributed by atoms with Crippen molar-refractivity contribution in [3.8, 4) is 22.4 Å². The van der Waals surface area contributed by atoms with Crippen LogP contribution in [-0.4, -0.2) is 22.0 Å². The zero-order valence-corrected chi connectivity index (χ0v) is 16.2. The third kappa shape index (κ3) is 3.97. The van der Waals surface area contributed by atoms with Gasteiger partial charge in [0.1, 0.15) is 5.65 Å². The Morgan fingerprint density at radius 2 is 1.83 bits per heavy atom. The molecule has 2 aromatic heterocycles. The molecule has 0 aliphatic heterocycles. The smallest absolute Gasteiger partial charge is 0.319 e. The second kappa shape index (κ2) is 8.16. The first-order valence-electron chi connectivity index (χ1n) is 9.59. The lowest BCUT2D eigenvalue weighted by Gasteiger charge is -2.09. The number of urea groups is 1. The molecule has 2 aromatic carbocycles. The number of nitrogens with one attached hydrogen (secondary N) is 2. The van der Waals surface area contributed by atoms with Gasteiger partial charge in [0.05, 0.1) is 11.9 Å². The number of anilines is 1. The fraction of sp³-hybridized carbons (Fsp3) is 0.130. The standard InChI is InChI=1S/C23H23N5O/c1-2-25-23(29)27-20-8-4-7-19(12-20)21-15-26-22-13-18(9-10-28(21)22)17-6-3-5-16(11-17)14-24/h3-13,15H,2,14,24H2,1H3,(H2,25,27,29). The first-order valence-corrected chi connectivity index (χ1v) is 9.59. The molecule has 0 aliphatic rings. The number of nitrogens with zero attached hydrogens (tertiary/aromatic N) is 2. The normalized spacial score (nSPS) is 10.8. The molecule has 0 spiro atoms. The van der Waals surface area contributed by atoms with E-state index in [9.17, 15) is 4.79 Å². The van der Waals surface area contributed by atoms with E-state index in [2.05, 4.69) is 39.9 Å². The molecular weight excluding hydrogens is 362 g/mol. The predicted molar refractivity (Wildman–Crippen MR) is 117 cm³/mol. The van der Waals surface area contributed by atoms with Gasteiger partial charge in [-0.05, 0) is 53.9 Å².